The summed E-state index contributed by atoms with van der Waals surface area (Å²) in [5, 5.41) is 7.84. The van der Waals surface area contributed by atoms with Crippen molar-refractivity contribution in [2.45, 2.75) is 25.8 Å². The molecule has 0 saturated heterocycles. The summed E-state index contributed by atoms with van der Waals surface area (Å²) in [5.41, 5.74) is 2.22. The molecule has 1 atom stereocenters. The van der Waals surface area contributed by atoms with Crippen LogP contribution in [0.3, 0.4) is 0 Å². The van der Waals surface area contributed by atoms with Gasteiger partial charge in [-0.2, -0.15) is 5.10 Å². The summed E-state index contributed by atoms with van der Waals surface area (Å²) in [7, 11) is 1.92. The van der Waals surface area contributed by atoms with E-state index in [4.69, 9.17) is 0 Å². The summed E-state index contributed by atoms with van der Waals surface area (Å²) in [4.78, 5) is 0. The van der Waals surface area contributed by atoms with Crippen LogP contribution in [0.4, 0.5) is 4.39 Å². The predicted molar refractivity (Wildman–Crippen MR) is 74.3 cm³/mol. The number of rotatable bonds is 6. The highest BCUT2D eigenvalue weighted by atomic mass is 19.1. The Hall–Kier alpha value is -1.68. The summed E-state index contributed by atoms with van der Waals surface area (Å²) in [6.07, 6.45) is 3.83. The van der Waals surface area contributed by atoms with Crippen LogP contribution >= 0.6 is 0 Å². The van der Waals surface area contributed by atoms with Crippen LogP contribution in [0.1, 0.15) is 30.6 Å². The second-order valence-electron chi connectivity index (χ2n) is 4.70. The fourth-order valence-electron chi connectivity index (χ4n) is 2.16. The number of nitrogens with one attached hydrogen (secondary N) is 1. The molecule has 0 spiro atoms. The Kier molecular flexibility index (Phi) is 4.68. The van der Waals surface area contributed by atoms with E-state index in [1.54, 1.807) is 0 Å². The van der Waals surface area contributed by atoms with Gasteiger partial charge >= 0.3 is 0 Å². The number of benzene rings is 1. The third-order valence-electron chi connectivity index (χ3n) is 3.22. The predicted octanol–water partition coefficient (Wildman–Crippen LogP) is 2.84. The lowest BCUT2D eigenvalue weighted by Crippen LogP contribution is -2.23. The maximum absolute atomic E-state index is 12.9. The van der Waals surface area contributed by atoms with Crippen molar-refractivity contribution in [3.05, 3.63) is 53.6 Å². The molecule has 3 nitrogen and oxygen atoms in total. The molecule has 2 aromatic rings. The zero-order chi connectivity index (χ0) is 13.7. The van der Waals surface area contributed by atoms with E-state index in [0.717, 1.165) is 30.6 Å². The van der Waals surface area contributed by atoms with Crippen LogP contribution in [0.5, 0.6) is 0 Å². The summed E-state index contributed by atoms with van der Waals surface area (Å²) < 4.78 is 14.7. The van der Waals surface area contributed by atoms with Gasteiger partial charge in [-0.3, -0.25) is 4.68 Å². The topological polar surface area (TPSA) is 29.9 Å². The van der Waals surface area contributed by atoms with Gasteiger partial charge in [0.25, 0.3) is 0 Å². The number of aryl methyl sites for hydroxylation is 1. The number of nitrogens with zero attached hydrogens (tertiary/aromatic N) is 2. The molecule has 1 unspecified atom stereocenters. The molecule has 0 aliphatic rings. The van der Waals surface area contributed by atoms with E-state index in [2.05, 4.69) is 17.3 Å². The molecule has 0 fully saturated rings. The molecule has 0 bridgehead atoms. The van der Waals surface area contributed by atoms with Crippen molar-refractivity contribution in [2.24, 2.45) is 7.05 Å². The summed E-state index contributed by atoms with van der Waals surface area (Å²) in [5.74, 6) is -0.188. The van der Waals surface area contributed by atoms with E-state index in [1.165, 1.54) is 12.1 Å². The van der Waals surface area contributed by atoms with E-state index in [9.17, 15) is 4.39 Å². The molecule has 1 aromatic heterocycles. The van der Waals surface area contributed by atoms with Crippen LogP contribution < -0.4 is 5.32 Å². The number of hydrogen-bond acceptors (Lipinski definition) is 2. The van der Waals surface area contributed by atoms with Crippen molar-refractivity contribution in [2.75, 3.05) is 6.54 Å². The van der Waals surface area contributed by atoms with Gasteiger partial charge in [0.1, 0.15) is 5.82 Å². The van der Waals surface area contributed by atoms with Gasteiger partial charge < -0.3 is 5.32 Å². The van der Waals surface area contributed by atoms with Crippen molar-refractivity contribution in [1.29, 1.82) is 0 Å². The van der Waals surface area contributed by atoms with Crippen LogP contribution in [0, 0.1) is 5.82 Å². The van der Waals surface area contributed by atoms with Gasteiger partial charge in [0.2, 0.25) is 0 Å². The lowest BCUT2D eigenvalue weighted by atomic mass is 10.0. The van der Waals surface area contributed by atoms with Crippen molar-refractivity contribution < 1.29 is 4.39 Å². The van der Waals surface area contributed by atoms with Gasteiger partial charge in [-0.25, -0.2) is 4.39 Å². The van der Waals surface area contributed by atoms with Crippen LogP contribution in [-0.2, 0) is 13.5 Å². The zero-order valence-corrected chi connectivity index (χ0v) is 11.4. The smallest absolute Gasteiger partial charge is 0.123 e. The Morgan fingerprint density at radius 1 is 1.26 bits per heavy atom. The fourth-order valence-corrected chi connectivity index (χ4v) is 2.16. The van der Waals surface area contributed by atoms with Gasteiger partial charge in [0.15, 0.2) is 0 Å². The van der Waals surface area contributed by atoms with Crippen molar-refractivity contribution in [3.63, 3.8) is 0 Å². The van der Waals surface area contributed by atoms with E-state index in [0.29, 0.717) is 0 Å². The Morgan fingerprint density at radius 2 is 2.00 bits per heavy atom. The molecule has 0 amide bonds. The minimum Gasteiger partial charge on any atom is -0.310 e. The third-order valence-corrected chi connectivity index (χ3v) is 3.22. The molecule has 0 aliphatic carbocycles. The molecule has 19 heavy (non-hydrogen) atoms. The molecular weight excluding hydrogens is 241 g/mol. The Morgan fingerprint density at radius 3 is 2.58 bits per heavy atom. The molecule has 0 aliphatic heterocycles. The van der Waals surface area contributed by atoms with Crippen molar-refractivity contribution in [1.82, 2.24) is 15.1 Å². The summed E-state index contributed by atoms with van der Waals surface area (Å²) in [6, 6.07) is 9.01. The molecule has 0 saturated carbocycles. The average Bonchev–Trinajstić information content (AvgIpc) is 2.82. The molecular formula is C15H20FN3. The highest BCUT2D eigenvalue weighted by Crippen LogP contribution is 2.16. The third kappa shape index (κ3) is 3.89. The first-order valence-electron chi connectivity index (χ1n) is 6.66. The lowest BCUT2D eigenvalue weighted by molar-refractivity contribution is 0.518. The molecule has 2 rings (SSSR count). The Labute approximate surface area is 113 Å². The monoisotopic (exact) mass is 261 g/mol. The molecule has 1 N–H and O–H groups in total. The van der Waals surface area contributed by atoms with Gasteiger partial charge in [0.05, 0.1) is 5.69 Å². The molecule has 4 heteroatoms. The SMILES string of the molecule is CCC(NCCc1ccn(C)n1)c1ccc(F)cc1. The highest BCUT2D eigenvalue weighted by molar-refractivity contribution is 5.19. The maximum Gasteiger partial charge on any atom is 0.123 e. The van der Waals surface area contributed by atoms with E-state index in [-0.39, 0.29) is 11.9 Å². The van der Waals surface area contributed by atoms with Crippen molar-refractivity contribution >= 4 is 0 Å². The minimum atomic E-state index is -0.188. The van der Waals surface area contributed by atoms with Crippen LogP contribution in [0.15, 0.2) is 36.5 Å². The number of hydrogen-bond donors (Lipinski definition) is 1. The van der Waals surface area contributed by atoms with Crippen LogP contribution in [0.2, 0.25) is 0 Å². The van der Waals surface area contributed by atoms with Gasteiger partial charge in [-0.05, 0) is 30.2 Å². The first-order chi connectivity index (χ1) is 9.19. The number of aromatic nitrogens is 2. The molecule has 1 heterocycles. The van der Waals surface area contributed by atoms with Crippen LogP contribution in [-0.4, -0.2) is 16.3 Å². The Balaban J connectivity index is 1.87. The van der Waals surface area contributed by atoms with Gasteiger partial charge in [-0.15, -0.1) is 0 Å². The standard InChI is InChI=1S/C15H20FN3/c1-3-15(12-4-6-13(16)7-5-12)17-10-8-14-9-11-19(2)18-14/h4-7,9,11,15,17H,3,8,10H2,1-2H3. The summed E-state index contributed by atoms with van der Waals surface area (Å²) in [6.45, 7) is 2.99. The molecule has 1 aromatic carbocycles. The minimum absolute atomic E-state index is 0.188. The zero-order valence-electron chi connectivity index (χ0n) is 11.4. The van der Waals surface area contributed by atoms with Gasteiger partial charge in [-0.1, -0.05) is 19.1 Å². The first-order valence-corrected chi connectivity index (χ1v) is 6.66. The lowest BCUT2D eigenvalue weighted by Gasteiger charge is -2.17. The normalized spacial score (nSPS) is 12.6. The number of halogens is 1. The highest BCUT2D eigenvalue weighted by Gasteiger charge is 2.08. The van der Waals surface area contributed by atoms with Gasteiger partial charge in [0, 0.05) is 32.3 Å². The first kappa shape index (κ1) is 13.7. The van der Waals surface area contributed by atoms with E-state index >= 15 is 0 Å². The van der Waals surface area contributed by atoms with E-state index in [1.807, 2.05) is 36.1 Å². The second-order valence-corrected chi connectivity index (χ2v) is 4.70. The van der Waals surface area contributed by atoms with E-state index < -0.39 is 0 Å². The molecule has 102 valence electrons. The quantitative estimate of drug-likeness (QED) is 0.866. The second kappa shape index (κ2) is 6.48. The molecule has 0 radical (unpaired) electrons. The summed E-state index contributed by atoms with van der Waals surface area (Å²) >= 11 is 0. The Bertz CT molecular complexity index is 504. The van der Waals surface area contributed by atoms with Crippen molar-refractivity contribution in [3.8, 4) is 0 Å². The average molecular weight is 261 g/mol. The maximum atomic E-state index is 12.9. The fraction of sp³-hybridized carbons (Fsp3) is 0.400. The van der Waals surface area contributed by atoms with Crippen LogP contribution in [0.25, 0.3) is 0 Å². The largest absolute Gasteiger partial charge is 0.310 e.